The van der Waals surface area contributed by atoms with Gasteiger partial charge >= 0.3 is 0 Å². The molecule has 0 spiro atoms. The minimum absolute atomic E-state index is 0.167. The first-order valence-corrected chi connectivity index (χ1v) is 14.7. The predicted molar refractivity (Wildman–Crippen MR) is 145 cm³/mol. The lowest BCUT2D eigenvalue weighted by Gasteiger charge is -2.26. The highest BCUT2D eigenvalue weighted by atomic mass is 35.5. The maximum Gasteiger partial charge on any atom is 0.260 e. The first kappa shape index (κ1) is 27.0. The van der Waals surface area contributed by atoms with E-state index in [9.17, 15) is 13.2 Å². The quantitative estimate of drug-likeness (QED) is 0.396. The van der Waals surface area contributed by atoms with Crippen LogP contribution in [0.1, 0.15) is 29.8 Å². The third-order valence-electron chi connectivity index (χ3n) is 6.36. The van der Waals surface area contributed by atoms with Gasteiger partial charge in [-0.15, -0.1) is 0 Å². The van der Waals surface area contributed by atoms with E-state index in [1.165, 1.54) is 27.8 Å². The summed E-state index contributed by atoms with van der Waals surface area (Å²) < 4.78 is 33.6. The number of likely N-dealkylation sites (N-methyl/N-ethyl adjacent to an activating group) is 1. The van der Waals surface area contributed by atoms with Crippen LogP contribution >= 0.6 is 22.9 Å². The van der Waals surface area contributed by atoms with Crippen LogP contribution in [-0.2, 0) is 14.8 Å². The number of sulfonamides is 1. The van der Waals surface area contributed by atoms with E-state index < -0.39 is 10.0 Å². The van der Waals surface area contributed by atoms with Crippen LogP contribution in [0.15, 0.2) is 41.3 Å². The first-order valence-electron chi connectivity index (χ1n) is 12.0. The van der Waals surface area contributed by atoms with E-state index in [-0.39, 0.29) is 10.8 Å². The fraction of sp³-hybridized carbons (Fsp3) is 0.440. The number of hydrogen-bond acceptors (Lipinski definition) is 7. The molecule has 1 aliphatic rings. The standard InChI is InChI=1S/C25H31ClN4O4S2/c1-4-28(5-2)10-11-30(25-27-23-18(3)16-20(26)17-22(23)35-25)24(31)19-6-8-21(9-7-19)36(32,33)29-12-14-34-15-13-29/h6-9,16-17H,4-5,10-15H2,1-3H3. The number of anilines is 1. The number of halogens is 1. The zero-order valence-corrected chi connectivity index (χ0v) is 23.1. The minimum Gasteiger partial charge on any atom is -0.379 e. The molecular weight excluding hydrogens is 520 g/mol. The Bertz CT molecular complexity index is 1320. The van der Waals surface area contributed by atoms with Crippen LogP contribution in [-0.4, -0.2) is 81.0 Å². The number of ether oxygens (including phenoxy) is 1. The Hall–Kier alpha value is -2.08. The molecular formula is C25H31ClN4O4S2. The summed E-state index contributed by atoms with van der Waals surface area (Å²) in [7, 11) is -3.63. The number of carbonyl (C=O) groups excluding carboxylic acids is 1. The lowest BCUT2D eigenvalue weighted by atomic mass is 10.2. The fourth-order valence-corrected chi connectivity index (χ4v) is 7.04. The molecule has 0 N–H and O–H groups in total. The average molecular weight is 551 g/mol. The molecule has 0 aliphatic carbocycles. The van der Waals surface area contributed by atoms with Crippen molar-refractivity contribution < 1.29 is 17.9 Å². The molecule has 0 unspecified atom stereocenters. The molecule has 1 saturated heterocycles. The van der Waals surface area contributed by atoms with Gasteiger partial charge in [-0.3, -0.25) is 9.69 Å². The van der Waals surface area contributed by atoms with Crippen LogP contribution in [0.25, 0.3) is 10.2 Å². The summed E-state index contributed by atoms with van der Waals surface area (Å²) >= 11 is 7.68. The monoisotopic (exact) mass is 550 g/mol. The van der Waals surface area contributed by atoms with Gasteiger partial charge in [0.15, 0.2) is 5.13 Å². The zero-order valence-electron chi connectivity index (χ0n) is 20.7. The van der Waals surface area contributed by atoms with Crippen molar-refractivity contribution in [3.63, 3.8) is 0 Å². The van der Waals surface area contributed by atoms with Gasteiger partial charge < -0.3 is 9.64 Å². The zero-order chi connectivity index (χ0) is 25.9. The Morgan fingerprint density at radius 3 is 2.42 bits per heavy atom. The maximum atomic E-state index is 13.7. The third kappa shape index (κ3) is 5.74. The number of rotatable bonds is 9. The summed E-state index contributed by atoms with van der Waals surface area (Å²) in [5.41, 5.74) is 2.19. The highest BCUT2D eigenvalue weighted by Gasteiger charge is 2.27. The SMILES string of the molecule is CCN(CC)CCN(C(=O)c1ccc(S(=O)(=O)N2CCOCC2)cc1)c1nc2c(C)cc(Cl)cc2s1. The lowest BCUT2D eigenvalue weighted by molar-refractivity contribution is 0.0730. The molecule has 0 atom stereocenters. The van der Waals surface area contributed by atoms with Crippen LogP contribution in [0, 0.1) is 6.92 Å². The van der Waals surface area contributed by atoms with Crippen molar-refractivity contribution in [2.45, 2.75) is 25.7 Å². The Morgan fingerprint density at radius 1 is 1.11 bits per heavy atom. The van der Waals surface area contributed by atoms with Gasteiger partial charge in [-0.2, -0.15) is 4.31 Å². The van der Waals surface area contributed by atoms with Gasteiger partial charge in [-0.05, 0) is 62.0 Å². The summed E-state index contributed by atoms with van der Waals surface area (Å²) in [5, 5.41) is 1.23. The van der Waals surface area contributed by atoms with E-state index in [2.05, 4.69) is 18.7 Å². The number of thiazole rings is 1. The van der Waals surface area contributed by atoms with Crippen LogP contribution in [0.4, 0.5) is 5.13 Å². The highest BCUT2D eigenvalue weighted by molar-refractivity contribution is 7.89. The fourth-order valence-electron chi connectivity index (χ4n) is 4.18. The molecule has 8 nitrogen and oxygen atoms in total. The summed E-state index contributed by atoms with van der Waals surface area (Å²) in [6.45, 7) is 10.4. The number of morpholine rings is 1. The molecule has 0 bridgehead atoms. The molecule has 1 amide bonds. The van der Waals surface area contributed by atoms with Gasteiger partial charge in [0, 0.05) is 36.8 Å². The highest BCUT2D eigenvalue weighted by Crippen LogP contribution is 2.33. The molecule has 11 heteroatoms. The second kappa shape index (κ2) is 11.5. The smallest absolute Gasteiger partial charge is 0.260 e. The van der Waals surface area contributed by atoms with Gasteiger partial charge in [0.2, 0.25) is 10.0 Å². The van der Waals surface area contributed by atoms with Crippen LogP contribution in [0.2, 0.25) is 5.02 Å². The lowest BCUT2D eigenvalue weighted by Crippen LogP contribution is -2.40. The van der Waals surface area contributed by atoms with E-state index in [0.717, 1.165) is 28.9 Å². The number of aryl methyl sites for hydroxylation is 1. The number of fused-ring (bicyclic) bond motifs is 1. The average Bonchev–Trinajstić information content (AvgIpc) is 3.31. The van der Waals surface area contributed by atoms with Crippen LogP contribution in [0.5, 0.6) is 0 Å². The number of benzene rings is 2. The largest absolute Gasteiger partial charge is 0.379 e. The Labute approximate surface area is 221 Å². The minimum atomic E-state index is -3.63. The Balaban J connectivity index is 1.64. The van der Waals surface area contributed by atoms with Crippen molar-refractivity contribution >= 4 is 54.2 Å². The number of carbonyl (C=O) groups is 1. The molecule has 2 aromatic carbocycles. The van der Waals surface area contributed by atoms with E-state index >= 15 is 0 Å². The maximum absolute atomic E-state index is 13.7. The molecule has 194 valence electrons. The second-order valence-electron chi connectivity index (χ2n) is 8.59. The number of aromatic nitrogens is 1. The molecule has 3 aromatic rings. The predicted octanol–water partition coefficient (Wildman–Crippen LogP) is 4.27. The summed E-state index contributed by atoms with van der Waals surface area (Å²) in [6, 6.07) is 9.89. The molecule has 1 fully saturated rings. The van der Waals surface area contributed by atoms with Crippen molar-refractivity contribution in [3.8, 4) is 0 Å². The van der Waals surface area contributed by atoms with E-state index in [1.807, 2.05) is 19.1 Å². The van der Waals surface area contributed by atoms with Crippen LogP contribution in [0.3, 0.4) is 0 Å². The van der Waals surface area contributed by atoms with Gasteiger partial charge in [0.05, 0.1) is 28.3 Å². The van der Waals surface area contributed by atoms with E-state index in [1.54, 1.807) is 17.0 Å². The molecule has 36 heavy (non-hydrogen) atoms. The van der Waals surface area contributed by atoms with Crippen molar-refractivity contribution in [3.05, 3.63) is 52.5 Å². The summed E-state index contributed by atoms with van der Waals surface area (Å²) in [4.78, 5) is 22.6. The van der Waals surface area contributed by atoms with Crippen molar-refractivity contribution in [2.75, 3.05) is 57.4 Å². The van der Waals surface area contributed by atoms with Crippen molar-refractivity contribution in [1.82, 2.24) is 14.2 Å². The van der Waals surface area contributed by atoms with Gasteiger partial charge in [-0.1, -0.05) is 36.8 Å². The molecule has 4 rings (SSSR count). The first-order chi connectivity index (χ1) is 17.2. The molecule has 1 aromatic heterocycles. The topological polar surface area (TPSA) is 83.1 Å². The van der Waals surface area contributed by atoms with Crippen LogP contribution < -0.4 is 4.90 Å². The Kier molecular flexibility index (Phi) is 8.64. The normalized spacial score (nSPS) is 15.0. The summed E-state index contributed by atoms with van der Waals surface area (Å²) in [5.74, 6) is -0.222. The van der Waals surface area contributed by atoms with E-state index in [4.69, 9.17) is 21.3 Å². The van der Waals surface area contributed by atoms with Gasteiger partial charge in [0.1, 0.15) is 0 Å². The number of nitrogens with zero attached hydrogens (tertiary/aromatic N) is 4. The van der Waals surface area contributed by atoms with E-state index in [0.29, 0.717) is 55.1 Å². The molecule has 1 aliphatic heterocycles. The third-order valence-corrected chi connectivity index (χ3v) is 9.51. The molecule has 0 saturated carbocycles. The van der Waals surface area contributed by atoms with Gasteiger partial charge in [0.25, 0.3) is 5.91 Å². The van der Waals surface area contributed by atoms with Crippen molar-refractivity contribution in [1.29, 1.82) is 0 Å². The second-order valence-corrected chi connectivity index (χ2v) is 12.0. The number of hydrogen-bond donors (Lipinski definition) is 0. The molecule has 2 heterocycles. The van der Waals surface area contributed by atoms with Crippen molar-refractivity contribution in [2.24, 2.45) is 0 Å². The van der Waals surface area contributed by atoms with Gasteiger partial charge in [-0.25, -0.2) is 13.4 Å². The number of amides is 1. The Morgan fingerprint density at radius 2 is 1.78 bits per heavy atom. The summed E-state index contributed by atoms with van der Waals surface area (Å²) in [6.07, 6.45) is 0. The molecule has 0 radical (unpaired) electrons.